The molecule has 0 spiro atoms. The van der Waals surface area contributed by atoms with Crippen LogP contribution in [0.5, 0.6) is 0 Å². The van der Waals surface area contributed by atoms with Gasteiger partial charge in [0.15, 0.2) is 0 Å². The molecule has 1 aliphatic heterocycles. The molecule has 3 N–H and O–H groups in total. The number of amides is 1. The maximum Gasteiger partial charge on any atom is 0.342 e. The zero-order valence-corrected chi connectivity index (χ0v) is 9.87. The van der Waals surface area contributed by atoms with Crippen LogP contribution in [-0.2, 0) is 4.79 Å². The molecule has 2 aliphatic rings. The second kappa shape index (κ2) is 4.10. The molecule has 0 bridgehead atoms. The number of carbonyl (C=O) groups is 1. The van der Waals surface area contributed by atoms with Gasteiger partial charge in [-0.1, -0.05) is 6.08 Å². The van der Waals surface area contributed by atoms with Gasteiger partial charge in [-0.2, -0.15) is 0 Å². The SMILES string of the molecule is C[NH2+]C(=O)C1=CC2NC(C)=CC(C)=C2C=C1. The summed E-state index contributed by atoms with van der Waals surface area (Å²) in [5.74, 6) is 0.0851. The number of hydrogen-bond acceptors (Lipinski definition) is 2. The Hall–Kier alpha value is -1.61. The lowest BCUT2D eigenvalue weighted by Crippen LogP contribution is -2.84. The summed E-state index contributed by atoms with van der Waals surface area (Å²) in [5, 5.41) is 4.97. The number of rotatable bonds is 1. The number of carbonyl (C=O) groups excluding carboxylic acids is 1. The van der Waals surface area contributed by atoms with Gasteiger partial charge in [0.1, 0.15) is 0 Å². The average molecular weight is 217 g/mol. The Morgan fingerprint density at radius 1 is 1.38 bits per heavy atom. The fraction of sp³-hybridized carbons (Fsp3) is 0.308. The van der Waals surface area contributed by atoms with E-state index in [1.54, 1.807) is 12.4 Å². The second-order valence-corrected chi connectivity index (χ2v) is 4.20. The average Bonchev–Trinajstić information content (AvgIpc) is 2.27. The van der Waals surface area contributed by atoms with Crippen molar-refractivity contribution >= 4 is 5.91 Å². The summed E-state index contributed by atoms with van der Waals surface area (Å²) in [6.45, 7) is 4.14. The zero-order valence-electron chi connectivity index (χ0n) is 9.87. The van der Waals surface area contributed by atoms with Crippen LogP contribution in [-0.4, -0.2) is 19.0 Å². The highest BCUT2D eigenvalue weighted by Gasteiger charge is 2.22. The molecular weight excluding hydrogens is 200 g/mol. The first-order chi connectivity index (χ1) is 7.61. The molecule has 0 radical (unpaired) electrons. The molecule has 1 unspecified atom stereocenters. The van der Waals surface area contributed by atoms with Gasteiger partial charge in [0.25, 0.3) is 0 Å². The summed E-state index contributed by atoms with van der Waals surface area (Å²) in [6, 6.07) is 0.147. The van der Waals surface area contributed by atoms with E-state index in [1.807, 2.05) is 25.2 Å². The Morgan fingerprint density at radius 2 is 2.12 bits per heavy atom. The molecule has 84 valence electrons. The van der Waals surface area contributed by atoms with E-state index in [2.05, 4.69) is 18.3 Å². The van der Waals surface area contributed by atoms with Crippen LogP contribution in [0.4, 0.5) is 0 Å². The van der Waals surface area contributed by atoms with Crippen LogP contribution in [0.2, 0.25) is 0 Å². The van der Waals surface area contributed by atoms with Gasteiger partial charge in [-0.3, -0.25) is 5.32 Å². The van der Waals surface area contributed by atoms with Crippen LogP contribution < -0.4 is 10.6 Å². The summed E-state index contributed by atoms with van der Waals surface area (Å²) in [7, 11) is 1.77. The first-order valence-electron chi connectivity index (χ1n) is 5.51. The Bertz CT molecular complexity index is 453. The van der Waals surface area contributed by atoms with E-state index in [9.17, 15) is 4.79 Å². The van der Waals surface area contributed by atoms with Gasteiger partial charge in [-0.15, -0.1) is 0 Å². The quantitative estimate of drug-likeness (QED) is 0.667. The summed E-state index contributed by atoms with van der Waals surface area (Å²) in [5.41, 5.74) is 4.43. The van der Waals surface area contributed by atoms with E-state index < -0.39 is 0 Å². The van der Waals surface area contributed by atoms with Gasteiger partial charge >= 0.3 is 5.91 Å². The van der Waals surface area contributed by atoms with E-state index in [-0.39, 0.29) is 11.9 Å². The van der Waals surface area contributed by atoms with Crippen molar-refractivity contribution in [1.29, 1.82) is 0 Å². The first kappa shape index (κ1) is 10.9. The molecule has 3 nitrogen and oxygen atoms in total. The summed E-state index contributed by atoms with van der Waals surface area (Å²) < 4.78 is 0. The van der Waals surface area contributed by atoms with Gasteiger partial charge in [0.2, 0.25) is 0 Å². The molecule has 1 atom stereocenters. The van der Waals surface area contributed by atoms with Crippen molar-refractivity contribution in [1.82, 2.24) is 5.32 Å². The van der Waals surface area contributed by atoms with E-state index in [0.717, 1.165) is 11.3 Å². The van der Waals surface area contributed by atoms with Crippen LogP contribution in [0.15, 0.2) is 46.7 Å². The predicted molar refractivity (Wildman–Crippen MR) is 63.5 cm³/mol. The van der Waals surface area contributed by atoms with E-state index in [0.29, 0.717) is 0 Å². The van der Waals surface area contributed by atoms with Gasteiger partial charge < -0.3 is 5.32 Å². The van der Waals surface area contributed by atoms with Gasteiger partial charge in [-0.05, 0) is 43.2 Å². The van der Waals surface area contributed by atoms with Crippen molar-refractivity contribution in [2.24, 2.45) is 0 Å². The van der Waals surface area contributed by atoms with Crippen molar-refractivity contribution in [3.63, 3.8) is 0 Å². The number of nitrogens with two attached hydrogens (primary N) is 1. The van der Waals surface area contributed by atoms with Crippen LogP contribution in [0.25, 0.3) is 0 Å². The van der Waals surface area contributed by atoms with E-state index >= 15 is 0 Å². The number of hydrogen-bond donors (Lipinski definition) is 2. The molecule has 3 heteroatoms. The molecule has 0 fully saturated rings. The normalized spacial score (nSPS) is 23.3. The Balaban J connectivity index is 2.33. The number of nitrogens with one attached hydrogen (secondary N) is 1. The minimum absolute atomic E-state index is 0.0851. The molecule has 0 aromatic carbocycles. The van der Waals surface area contributed by atoms with Crippen LogP contribution in [0.1, 0.15) is 13.8 Å². The number of allylic oxidation sites excluding steroid dienone is 3. The topological polar surface area (TPSA) is 45.7 Å². The number of likely N-dealkylation sites (N-methyl/N-ethyl adjacent to an activating group) is 1. The Labute approximate surface area is 95.6 Å². The number of quaternary nitrogens is 1. The lowest BCUT2D eigenvalue weighted by Gasteiger charge is -2.27. The molecule has 0 saturated carbocycles. The minimum atomic E-state index is 0.0851. The second-order valence-electron chi connectivity index (χ2n) is 4.20. The highest BCUT2D eigenvalue weighted by Crippen LogP contribution is 2.24. The van der Waals surface area contributed by atoms with Crippen molar-refractivity contribution < 1.29 is 10.1 Å². The Morgan fingerprint density at radius 3 is 2.81 bits per heavy atom. The third-order valence-corrected chi connectivity index (χ3v) is 2.94. The maximum atomic E-state index is 11.6. The lowest BCUT2D eigenvalue weighted by atomic mass is 9.90. The van der Waals surface area contributed by atoms with E-state index in [1.165, 1.54) is 11.1 Å². The molecule has 0 saturated heterocycles. The van der Waals surface area contributed by atoms with Gasteiger partial charge in [0.05, 0.1) is 18.7 Å². The summed E-state index contributed by atoms with van der Waals surface area (Å²) >= 11 is 0. The van der Waals surface area contributed by atoms with Crippen molar-refractivity contribution in [3.8, 4) is 0 Å². The Kier molecular flexibility index (Phi) is 2.79. The number of dihydropyridines is 1. The highest BCUT2D eigenvalue weighted by molar-refractivity contribution is 5.89. The van der Waals surface area contributed by atoms with Crippen molar-refractivity contribution in [2.75, 3.05) is 7.05 Å². The molecular formula is C13H17N2O+. The van der Waals surface area contributed by atoms with Crippen LogP contribution in [0.3, 0.4) is 0 Å². The summed E-state index contributed by atoms with van der Waals surface area (Å²) in [6.07, 6.45) is 8.06. The van der Waals surface area contributed by atoms with Gasteiger partial charge in [-0.25, -0.2) is 4.79 Å². The van der Waals surface area contributed by atoms with Crippen molar-refractivity contribution in [3.05, 3.63) is 46.7 Å². The standard InChI is InChI=1S/C13H16N2O/c1-8-6-9(2)15-12-7-10(13(16)14-3)4-5-11(8)12/h4-7,12,15H,1-3H3,(H,14,16)/p+1. The molecule has 16 heavy (non-hydrogen) atoms. The molecule has 0 aromatic heterocycles. The molecule has 1 amide bonds. The fourth-order valence-corrected chi connectivity index (χ4v) is 2.13. The van der Waals surface area contributed by atoms with Gasteiger partial charge in [0, 0.05) is 5.70 Å². The number of fused-ring (bicyclic) bond motifs is 1. The number of primary amides is 1. The highest BCUT2D eigenvalue weighted by atomic mass is 16.1. The lowest BCUT2D eigenvalue weighted by molar-refractivity contribution is -0.534. The van der Waals surface area contributed by atoms with Crippen LogP contribution in [0, 0.1) is 0 Å². The monoisotopic (exact) mass is 217 g/mol. The molecule has 0 aromatic rings. The summed E-state index contributed by atoms with van der Waals surface area (Å²) in [4.78, 5) is 11.6. The predicted octanol–water partition coefficient (Wildman–Crippen LogP) is 0.394. The maximum absolute atomic E-state index is 11.6. The largest absolute Gasteiger partial charge is 0.378 e. The third kappa shape index (κ3) is 1.86. The third-order valence-electron chi connectivity index (χ3n) is 2.94. The van der Waals surface area contributed by atoms with E-state index in [4.69, 9.17) is 0 Å². The smallest absolute Gasteiger partial charge is 0.342 e. The van der Waals surface area contributed by atoms with Crippen LogP contribution >= 0.6 is 0 Å². The molecule has 1 heterocycles. The minimum Gasteiger partial charge on any atom is -0.378 e. The van der Waals surface area contributed by atoms with Crippen molar-refractivity contribution in [2.45, 2.75) is 19.9 Å². The fourth-order valence-electron chi connectivity index (χ4n) is 2.13. The molecule has 1 aliphatic carbocycles. The zero-order chi connectivity index (χ0) is 11.7. The molecule has 2 rings (SSSR count). The first-order valence-corrected chi connectivity index (χ1v) is 5.51.